The molecule has 1 N–H and O–H groups in total. The summed E-state index contributed by atoms with van der Waals surface area (Å²) in [7, 11) is 4.95. The summed E-state index contributed by atoms with van der Waals surface area (Å²) in [6, 6.07) is 5.80. The minimum Gasteiger partial charge on any atom is -0.497 e. The van der Waals surface area contributed by atoms with Crippen LogP contribution in [0, 0.1) is 5.92 Å². The van der Waals surface area contributed by atoms with E-state index < -0.39 is 6.10 Å². The van der Waals surface area contributed by atoms with E-state index in [4.69, 9.17) is 18.9 Å². The van der Waals surface area contributed by atoms with Crippen LogP contribution < -0.4 is 9.47 Å². The van der Waals surface area contributed by atoms with Crippen LogP contribution in [-0.4, -0.2) is 70.3 Å². The summed E-state index contributed by atoms with van der Waals surface area (Å²) in [5.74, 6) is 1.96. The van der Waals surface area contributed by atoms with Gasteiger partial charge in [-0.05, 0) is 23.6 Å². The summed E-state index contributed by atoms with van der Waals surface area (Å²) in [6.07, 6.45) is -0.539. The summed E-state index contributed by atoms with van der Waals surface area (Å²) in [6.45, 7) is 7.67. The maximum atomic E-state index is 10.3. The van der Waals surface area contributed by atoms with Crippen molar-refractivity contribution in [3.8, 4) is 11.5 Å². The highest BCUT2D eigenvalue weighted by molar-refractivity contribution is 5.38. The number of rotatable bonds is 13. The van der Waals surface area contributed by atoms with Crippen LogP contribution >= 0.6 is 0 Å². The van der Waals surface area contributed by atoms with Gasteiger partial charge < -0.3 is 24.1 Å². The smallest absolute Gasteiger partial charge is 0.122 e. The topological polar surface area (TPSA) is 60.4 Å². The number of nitrogens with zero attached hydrogens (tertiary/aromatic N) is 1. The minimum absolute atomic E-state index is 0.336. The molecule has 1 unspecified atom stereocenters. The number of aliphatic hydroxyl groups is 1. The van der Waals surface area contributed by atoms with Crippen molar-refractivity contribution in [3.05, 3.63) is 23.8 Å². The fraction of sp³-hybridized carbons (Fsp3) is 0.684. The van der Waals surface area contributed by atoms with Crippen molar-refractivity contribution < 1.29 is 24.1 Å². The fourth-order valence-corrected chi connectivity index (χ4v) is 2.46. The number of aliphatic hydroxyl groups excluding tert-OH is 1. The Labute approximate surface area is 151 Å². The molecular weight excluding hydrogens is 322 g/mol. The molecule has 0 aliphatic rings. The van der Waals surface area contributed by atoms with Crippen molar-refractivity contribution in [1.82, 2.24) is 4.90 Å². The Kier molecular flexibility index (Phi) is 10.5. The Hall–Kier alpha value is -1.34. The quantitative estimate of drug-likeness (QED) is 0.585. The number of methoxy groups -OCH3 is 3. The van der Waals surface area contributed by atoms with Crippen molar-refractivity contribution in [2.24, 2.45) is 5.92 Å². The van der Waals surface area contributed by atoms with Gasteiger partial charge in [0.2, 0.25) is 0 Å². The standard InChI is InChI=1S/C19H33NO5/c1-15(2)13-25-14-17(21)12-20(6-7-22-3)11-16-8-18(23-4)10-19(9-16)24-5/h8-10,15,17,21H,6-7,11-14H2,1-5H3. The second-order valence-electron chi connectivity index (χ2n) is 6.53. The van der Waals surface area contributed by atoms with Gasteiger partial charge >= 0.3 is 0 Å². The van der Waals surface area contributed by atoms with Crippen LogP contribution in [0.4, 0.5) is 0 Å². The maximum Gasteiger partial charge on any atom is 0.122 e. The van der Waals surface area contributed by atoms with E-state index in [0.717, 1.165) is 23.6 Å². The predicted molar refractivity (Wildman–Crippen MR) is 98.4 cm³/mol. The minimum atomic E-state index is -0.539. The first-order chi connectivity index (χ1) is 12.0. The maximum absolute atomic E-state index is 10.3. The third-order valence-electron chi connectivity index (χ3n) is 3.66. The molecule has 0 aliphatic carbocycles. The van der Waals surface area contributed by atoms with E-state index in [1.807, 2.05) is 18.2 Å². The highest BCUT2D eigenvalue weighted by Crippen LogP contribution is 2.23. The Morgan fingerprint density at radius 2 is 1.64 bits per heavy atom. The molecule has 0 heterocycles. The van der Waals surface area contributed by atoms with Crippen LogP contribution in [0.15, 0.2) is 18.2 Å². The predicted octanol–water partition coefficient (Wildman–Crippen LogP) is 2.19. The SMILES string of the molecule is COCCN(Cc1cc(OC)cc(OC)c1)CC(O)COCC(C)C. The molecule has 0 bridgehead atoms. The van der Waals surface area contributed by atoms with Crippen LogP contribution in [0.1, 0.15) is 19.4 Å². The van der Waals surface area contributed by atoms with Crippen LogP contribution in [0.3, 0.4) is 0 Å². The first kappa shape index (κ1) is 21.7. The van der Waals surface area contributed by atoms with E-state index in [1.165, 1.54) is 0 Å². The highest BCUT2D eigenvalue weighted by atomic mass is 16.5. The van der Waals surface area contributed by atoms with Gasteiger partial charge in [0.25, 0.3) is 0 Å². The molecule has 0 saturated carbocycles. The van der Waals surface area contributed by atoms with E-state index >= 15 is 0 Å². The molecule has 0 aliphatic heterocycles. The van der Waals surface area contributed by atoms with Crippen molar-refractivity contribution >= 4 is 0 Å². The van der Waals surface area contributed by atoms with Gasteiger partial charge in [0.1, 0.15) is 11.5 Å². The normalized spacial score (nSPS) is 12.6. The van der Waals surface area contributed by atoms with Gasteiger partial charge in [0.05, 0.1) is 33.5 Å². The van der Waals surface area contributed by atoms with Gasteiger partial charge in [-0.1, -0.05) is 13.8 Å². The van der Waals surface area contributed by atoms with Gasteiger partial charge in [-0.2, -0.15) is 0 Å². The molecular formula is C19H33NO5. The molecule has 25 heavy (non-hydrogen) atoms. The molecule has 0 saturated heterocycles. The van der Waals surface area contributed by atoms with E-state index in [1.54, 1.807) is 21.3 Å². The third kappa shape index (κ3) is 9.07. The molecule has 0 fully saturated rings. The van der Waals surface area contributed by atoms with Gasteiger partial charge in [-0.3, -0.25) is 4.90 Å². The molecule has 1 aromatic carbocycles. The van der Waals surface area contributed by atoms with E-state index in [0.29, 0.717) is 38.8 Å². The number of hydrogen-bond acceptors (Lipinski definition) is 6. The molecule has 0 radical (unpaired) electrons. The van der Waals surface area contributed by atoms with Crippen LogP contribution in [-0.2, 0) is 16.0 Å². The molecule has 6 nitrogen and oxygen atoms in total. The third-order valence-corrected chi connectivity index (χ3v) is 3.66. The average molecular weight is 355 g/mol. The molecule has 144 valence electrons. The number of ether oxygens (including phenoxy) is 4. The lowest BCUT2D eigenvalue weighted by Crippen LogP contribution is -2.36. The van der Waals surface area contributed by atoms with Crippen molar-refractivity contribution in [1.29, 1.82) is 0 Å². The zero-order chi connectivity index (χ0) is 18.7. The molecule has 1 atom stereocenters. The first-order valence-corrected chi connectivity index (χ1v) is 8.67. The van der Waals surface area contributed by atoms with Crippen molar-refractivity contribution in [2.75, 3.05) is 54.2 Å². The lowest BCUT2D eigenvalue weighted by molar-refractivity contribution is 0.00335. The molecule has 1 rings (SSSR count). The van der Waals surface area contributed by atoms with Crippen molar-refractivity contribution in [3.63, 3.8) is 0 Å². The summed E-state index contributed by atoms with van der Waals surface area (Å²) in [5, 5.41) is 10.3. The zero-order valence-corrected chi connectivity index (χ0v) is 16.2. The van der Waals surface area contributed by atoms with E-state index in [2.05, 4.69) is 18.7 Å². The van der Waals surface area contributed by atoms with Crippen molar-refractivity contribution in [2.45, 2.75) is 26.5 Å². The van der Waals surface area contributed by atoms with Crippen LogP contribution in [0.5, 0.6) is 11.5 Å². The Bertz CT molecular complexity index is 459. The van der Waals surface area contributed by atoms with Gasteiger partial charge in [0, 0.05) is 39.4 Å². The molecule has 6 heteroatoms. The summed E-state index contributed by atoms with van der Waals surface area (Å²) in [4.78, 5) is 2.14. The summed E-state index contributed by atoms with van der Waals surface area (Å²) in [5.41, 5.74) is 1.06. The van der Waals surface area contributed by atoms with E-state index in [-0.39, 0.29) is 0 Å². The number of benzene rings is 1. The molecule has 0 spiro atoms. The fourth-order valence-electron chi connectivity index (χ4n) is 2.46. The Morgan fingerprint density at radius 1 is 1.00 bits per heavy atom. The largest absolute Gasteiger partial charge is 0.497 e. The Morgan fingerprint density at radius 3 is 2.16 bits per heavy atom. The van der Waals surface area contributed by atoms with Gasteiger partial charge in [-0.25, -0.2) is 0 Å². The van der Waals surface area contributed by atoms with Crippen LogP contribution in [0.25, 0.3) is 0 Å². The zero-order valence-electron chi connectivity index (χ0n) is 16.2. The summed E-state index contributed by atoms with van der Waals surface area (Å²) >= 11 is 0. The van der Waals surface area contributed by atoms with Gasteiger partial charge in [0.15, 0.2) is 0 Å². The summed E-state index contributed by atoms with van der Waals surface area (Å²) < 4.78 is 21.4. The highest BCUT2D eigenvalue weighted by Gasteiger charge is 2.14. The second-order valence-corrected chi connectivity index (χ2v) is 6.53. The monoisotopic (exact) mass is 355 g/mol. The molecule has 0 amide bonds. The molecule has 0 aromatic heterocycles. The first-order valence-electron chi connectivity index (χ1n) is 8.67. The lowest BCUT2D eigenvalue weighted by atomic mass is 10.1. The Balaban J connectivity index is 2.68. The van der Waals surface area contributed by atoms with Gasteiger partial charge in [-0.15, -0.1) is 0 Å². The second kappa shape index (κ2) is 12.1. The molecule has 1 aromatic rings. The van der Waals surface area contributed by atoms with Crippen LogP contribution in [0.2, 0.25) is 0 Å². The average Bonchev–Trinajstić information content (AvgIpc) is 2.58. The number of hydrogen-bond donors (Lipinski definition) is 1. The van der Waals surface area contributed by atoms with E-state index in [9.17, 15) is 5.11 Å². The lowest BCUT2D eigenvalue weighted by Gasteiger charge is -2.25.